The number of esters is 1. The van der Waals surface area contributed by atoms with Gasteiger partial charge >= 0.3 is 5.97 Å². The largest absolute Gasteiger partial charge is 0.504 e. The Morgan fingerprint density at radius 3 is 2.66 bits per heavy atom. The van der Waals surface area contributed by atoms with Crippen LogP contribution in [0.4, 0.5) is 0 Å². The third-order valence-electron chi connectivity index (χ3n) is 5.13. The van der Waals surface area contributed by atoms with E-state index in [2.05, 4.69) is 4.99 Å². The Bertz CT molecular complexity index is 1390. The molecule has 0 bridgehead atoms. The molecule has 1 N–H and O–H groups in total. The number of phenols is 1. The molecule has 1 unspecified atom stereocenters. The summed E-state index contributed by atoms with van der Waals surface area (Å²) in [5.74, 6) is -0.157. The molecular weight excluding hydrogens is 428 g/mol. The van der Waals surface area contributed by atoms with E-state index in [9.17, 15) is 14.7 Å². The van der Waals surface area contributed by atoms with Gasteiger partial charge in [-0.2, -0.15) is 0 Å². The van der Waals surface area contributed by atoms with E-state index in [0.717, 1.165) is 5.56 Å². The lowest BCUT2D eigenvalue weighted by Crippen LogP contribution is -2.39. The number of nitrogens with zero attached hydrogens (tertiary/aromatic N) is 2. The van der Waals surface area contributed by atoms with E-state index in [1.165, 1.54) is 29.1 Å². The quantitative estimate of drug-likeness (QED) is 0.604. The molecule has 2 heterocycles. The van der Waals surface area contributed by atoms with E-state index in [-0.39, 0.29) is 17.9 Å². The van der Waals surface area contributed by atoms with Crippen molar-refractivity contribution >= 4 is 23.4 Å². The highest BCUT2D eigenvalue weighted by atomic mass is 32.1. The first-order valence-electron chi connectivity index (χ1n) is 10.1. The molecule has 0 radical (unpaired) electrons. The second-order valence-corrected chi connectivity index (χ2v) is 8.15. The van der Waals surface area contributed by atoms with Gasteiger partial charge in [0.15, 0.2) is 16.3 Å². The summed E-state index contributed by atoms with van der Waals surface area (Å²) in [6.07, 6.45) is 1.69. The van der Waals surface area contributed by atoms with Crippen LogP contribution in [0.25, 0.3) is 6.08 Å². The maximum absolute atomic E-state index is 13.5. The van der Waals surface area contributed by atoms with E-state index in [4.69, 9.17) is 9.47 Å². The molecule has 0 aliphatic carbocycles. The minimum absolute atomic E-state index is 0.0170. The average Bonchev–Trinajstić information content (AvgIpc) is 3.08. The number of allylic oxidation sites excluding steroid dienone is 1. The van der Waals surface area contributed by atoms with Crippen LogP contribution in [0.1, 0.15) is 31.0 Å². The molecule has 0 saturated heterocycles. The van der Waals surface area contributed by atoms with Crippen molar-refractivity contribution < 1.29 is 19.4 Å². The van der Waals surface area contributed by atoms with E-state index >= 15 is 0 Å². The molecule has 0 fully saturated rings. The Labute approximate surface area is 188 Å². The van der Waals surface area contributed by atoms with Gasteiger partial charge in [0.2, 0.25) is 0 Å². The molecule has 1 atom stereocenters. The monoisotopic (exact) mass is 450 g/mol. The Balaban J connectivity index is 1.92. The minimum atomic E-state index is -0.641. The van der Waals surface area contributed by atoms with Crippen molar-refractivity contribution in [1.29, 1.82) is 0 Å². The van der Waals surface area contributed by atoms with Crippen molar-refractivity contribution in [3.8, 4) is 11.5 Å². The Kier molecular flexibility index (Phi) is 5.96. The molecular formula is C24H22N2O5S. The topological polar surface area (TPSA) is 90.1 Å². The summed E-state index contributed by atoms with van der Waals surface area (Å²) in [5, 5.41) is 10.1. The molecule has 4 rings (SSSR count). The predicted molar refractivity (Wildman–Crippen MR) is 121 cm³/mol. The molecule has 0 amide bonds. The van der Waals surface area contributed by atoms with Crippen LogP contribution < -0.4 is 19.6 Å². The summed E-state index contributed by atoms with van der Waals surface area (Å²) in [7, 11) is 1.47. The van der Waals surface area contributed by atoms with E-state index in [1.807, 2.05) is 30.3 Å². The van der Waals surface area contributed by atoms with Gasteiger partial charge in [0.1, 0.15) is 0 Å². The molecule has 1 aliphatic heterocycles. The molecule has 1 aromatic heterocycles. The number of hydrogen-bond donors (Lipinski definition) is 1. The molecule has 32 heavy (non-hydrogen) atoms. The molecule has 3 aromatic rings. The second-order valence-electron chi connectivity index (χ2n) is 7.14. The SMILES string of the molecule is CCOC(=O)C1=C(C)N=c2sc(=Cc3ccc(OC)c(O)c3)c(=O)n2C1c1ccccc1. The summed E-state index contributed by atoms with van der Waals surface area (Å²) in [5.41, 5.74) is 2.03. The number of aromatic nitrogens is 1. The fourth-order valence-corrected chi connectivity index (χ4v) is 4.74. The van der Waals surface area contributed by atoms with Gasteiger partial charge in [-0.15, -0.1) is 0 Å². The maximum atomic E-state index is 13.5. The number of benzene rings is 2. The van der Waals surface area contributed by atoms with Crippen molar-refractivity contribution in [2.45, 2.75) is 19.9 Å². The molecule has 0 spiro atoms. The van der Waals surface area contributed by atoms with Crippen LogP contribution in [-0.2, 0) is 9.53 Å². The van der Waals surface area contributed by atoms with Crippen molar-refractivity contribution in [2.75, 3.05) is 13.7 Å². The first-order valence-corrected chi connectivity index (χ1v) is 10.9. The standard InChI is InChI=1S/C24H22N2O5S/c1-4-31-23(29)20-14(2)25-24-26(21(20)16-8-6-5-7-9-16)22(28)19(32-24)13-15-10-11-18(30-3)17(27)12-15/h5-13,21,27H,4H2,1-3H3. The summed E-state index contributed by atoms with van der Waals surface area (Å²) in [6.45, 7) is 3.72. The molecule has 0 saturated carbocycles. The number of rotatable bonds is 5. The van der Waals surface area contributed by atoms with Crippen LogP contribution in [0.2, 0.25) is 0 Å². The summed E-state index contributed by atoms with van der Waals surface area (Å²) >= 11 is 1.23. The van der Waals surface area contributed by atoms with E-state index < -0.39 is 12.0 Å². The number of phenolic OH excluding ortho intramolecular Hbond substituents is 1. The highest BCUT2D eigenvalue weighted by molar-refractivity contribution is 7.07. The Morgan fingerprint density at radius 1 is 1.25 bits per heavy atom. The van der Waals surface area contributed by atoms with Crippen LogP contribution >= 0.6 is 11.3 Å². The van der Waals surface area contributed by atoms with Crippen LogP contribution in [0.15, 0.2) is 69.6 Å². The normalized spacial score (nSPS) is 15.8. The van der Waals surface area contributed by atoms with Gasteiger partial charge < -0.3 is 14.6 Å². The number of ether oxygens (including phenoxy) is 2. The van der Waals surface area contributed by atoms with Crippen LogP contribution in [0, 0.1) is 0 Å². The number of carbonyl (C=O) groups excluding carboxylic acids is 1. The smallest absolute Gasteiger partial charge is 0.338 e. The van der Waals surface area contributed by atoms with Gasteiger partial charge in [-0.25, -0.2) is 9.79 Å². The number of hydrogen-bond acceptors (Lipinski definition) is 7. The van der Waals surface area contributed by atoms with Gasteiger partial charge in [-0.1, -0.05) is 47.7 Å². The summed E-state index contributed by atoms with van der Waals surface area (Å²) in [6, 6.07) is 13.6. The van der Waals surface area contributed by atoms with Crippen molar-refractivity contribution in [3.63, 3.8) is 0 Å². The minimum Gasteiger partial charge on any atom is -0.504 e. The second kappa shape index (κ2) is 8.84. The van der Waals surface area contributed by atoms with Crippen LogP contribution in [0.5, 0.6) is 11.5 Å². The highest BCUT2D eigenvalue weighted by Crippen LogP contribution is 2.30. The zero-order valence-corrected chi connectivity index (χ0v) is 18.7. The van der Waals surface area contributed by atoms with Gasteiger partial charge in [-0.3, -0.25) is 9.36 Å². The molecule has 8 heteroatoms. The number of thiazole rings is 1. The van der Waals surface area contributed by atoms with Crippen molar-refractivity contribution in [1.82, 2.24) is 4.57 Å². The lowest BCUT2D eigenvalue weighted by molar-refractivity contribution is -0.139. The van der Waals surface area contributed by atoms with Gasteiger partial charge in [0.25, 0.3) is 5.56 Å². The molecule has 2 aromatic carbocycles. The van der Waals surface area contributed by atoms with Gasteiger partial charge in [0, 0.05) is 0 Å². The highest BCUT2D eigenvalue weighted by Gasteiger charge is 2.33. The average molecular weight is 451 g/mol. The fourth-order valence-electron chi connectivity index (χ4n) is 3.69. The zero-order valence-electron chi connectivity index (χ0n) is 17.9. The fraction of sp³-hybridized carbons (Fsp3) is 0.208. The van der Waals surface area contributed by atoms with Crippen molar-refractivity contribution in [2.24, 2.45) is 4.99 Å². The predicted octanol–water partition coefficient (Wildman–Crippen LogP) is 2.51. The van der Waals surface area contributed by atoms with Crippen LogP contribution in [0.3, 0.4) is 0 Å². The summed E-state index contributed by atoms with van der Waals surface area (Å²) < 4.78 is 12.3. The molecule has 1 aliphatic rings. The van der Waals surface area contributed by atoms with Gasteiger partial charge in [-0.05, 0) is 43.2 Å². The third kappa shape index (κ3) is 3.85. The summed E-state index contributed by atoms with van der Waals surface area (Å²) in [4.78, 5) is 31.3. The number of aromatic hydroxyl groups is 1. The number of carbonyl (C=O) groups is 1. The first kappa shape index (κ1) is 21.6. The lowest BCUT2D eigenvalue weighted by atomic mass is 9.96. The molecule has 164 valence electrons. The van der Waals surface area contributed by atoms with Crippen LogP contribution in [-0.4, -0.2) is 29.4 Å². The maximum Gasteiger partial charge on any atom is 0.338 e. The van der Waals surface area contributed by atoms with Gasteiger partial charge in [0.05, 0.1) is 35.6 Å². The Morgan fingerprint density at radius 2 is 2.00 bits per heavy atom. The zero-order chi connectivity index (χ0) is 22.8. The Hall–Kier alpha value is -3.65. The molecule has 7 nitrogen and oxygen atoms in total. The number of methoxy groups -OCH3 is 1. The lowest BCUT2D eigenvalue weighted by Gasteiger charge is -2.24. The third-order valence-corrected chi connectivity index (χ3v) is 6.12. The first-order chi connectivity index (χ1) is 15.4. The van der Waals surface area contributed by atoms with E-state index in [1.54, 1.807) is 32.1 Å². The van der Waals surface area contributed by atoms with Crippen molar-refractivity contribution in [3.05, 3.63) is 90.6 Å². The van der Waals surface area contributed by atoms with E-state index in [0.29, 0.717) is 31.9 Å². The number of fused-ring (bicyclic) bond motifs is 1.